The first-order chi connectivity index (χ1) is 5.78. The van der Waals surface area contributed by atoms with Gasteiger partial charge in [-0.25, -0.2) is 0 Å². The van der Waals surface area contributed by atoms with E-state index in [1.54, 1.807) is 0 Å². The van der Waals surface area contributed by atoms with Gasteiger partial charge in [0.1, 0.15) is 6.04 Å². The number of carbonyl (C=O) groups excluding carboxylic acids is 1. The van der Waals surface area contributed by atoms with Crippen LogP contribution in [0.15, 0.2) is 0 Å². The van der Waals surface area contributed by atoms with Crippen molar-refractivity contribution in [3.63, 3.8) is 0 Å². The smallest absolute Gasteiger partial charge is 0.323 e. The summed E-state index contributed by atoms with van der Waals surface area (Å²) < 4.78 is 9.96. The van der Waals surface area contributed by atoms with Crippen molar-refractivity contribution in [2.24, 2.45) is 5.41 Å². The van der Waals surface area contributed by atoms with Gasteiger partial charge in [-0.2, -0.15) is 0 Å². The van der Waals surface area contributed by atoms with Crippen LogP contribution in [-0.4, -0.2) is 38.9 Å². The van der Waals surface area contributed by atoms with E-state index in [1.807, 2.05) is 0 Å². The summed E-state index contributed by atoms with van der Waals surface area (Å²) in [5, 5.41) is 3.07. The molecule has 4 heteroatoms. The van der Waals surface area contributed by atoms with E-state index in [2.05, 4.69) is 10.1 Å². The first-order valence-electron chi connectivity index (χ1n) is 4.17. The zero-order chi connectivity index (χ0) is 8.60. The maximum atomic E-state index is 11.2. The lowest BCUT2D eigenvalue weighted by molar-refractivity contribution is -0.151. The molecular formula is C8H13NO3. The molecule has 0 aromatic carbocycles. The largest absolute Gasteiger partial charge is 0.468 e. The minimum absolute atomic E-state index is 0.0487. The van der Waals surface area contributed by atoms with Crippen molar-refractivity contribution < 1.29 is 14.3 Å². The van der Waals surface area contributed by atoms with Crippen molar-refractivity contribution >= 4 is 5.97 Å². The van der Waals surface area contributed by atoms with Crippen LogP contribution < -0.4 is 5.32 Å². The Morgan fingerprint density at radius 3 is 3.00 bits per heavy atom. The molecule has 1 spiro atoms. The minimum atomic E-state index is -0.160. The predicted octanol–water partition coefficient (Wildman–Crippen LogP) is -0.462. The van der Waals surface area contributed by atoms with E-state index in [0.717, 1.165) is 19.6 Å². The standard InChI is InChI=1S/C8H13NO3/c1-11-7(10)6-8(4-9-6)2-3-12-5-8/h6,9H,2-5H2,1H3/t6-,8+/m1/s1. The number of hydrogen-bond donors (Lipinski definition) is 1. The van der Waals surface area contributed by atoms with Crippen LogP contribution in [0.5, 0.6) is 0 Å². The van der Waals surface area contributed by atoms with E-state index in [4.69, 9.17) is 4.74 Å². The molecule has 2 atom stereocenters. The fourth-order valence-electron chi connectivity index (χ4n) is 1.93. The van der Waals surface area contributed by atoms with Gasteiger partial charge in [0.2, 0.25) is 0 Å². The molecule has 2 fully saturated rings. The topological polar surface area (TPSA) is 47.6 Å². The van der Waals surface area contributed by atoms with E-state index < -0.39 is 0 Å². The monoisotopic (exact) mass is 171 g/mol. The lowest BCUT2D eigenvalue weighted by Gasteiger charge is -2.44. The molecule has 2 aliphatic heterocycles. The van der Waals surface area contributed by atoms with Crippen molar-refractivity contribution in [3.05, 3.63) is 0 Å². The SMILES string of the molecule is COC(=O)[C@H]1NC[C@]12CCOC2. The van der Waals surface area contributed by atoms with Crippen molar-refractivity contribution in [1.29, 1.82) is 0 Å². The van der Waals surface area contributed by atoms with Gasteiger partial charge in [-0.3, -0.25) is 4.79 Å². The van der Waals surface area contributed by atoms with Crippen LogP contribution in [0.1, 0.15) is 6.42 Å². The average Bonchev–Trinajstić information content (AvgIpc) is 2.52. The highest BCUT2D eigenvalue weighted by Crippen LogP contribution is 2.38. The highest BCUT2D eigenvalue weighted by Gasteiger charge is 2.53. The first-order valence-corrected chi connectivity index (χ1v) is 4.17. The molecule has 0 radical (unpaired) electrons. The Bertz CT molecular complexity index is 198. The predicted molar refractivity (Wildman–Crippen MR) is 41.7 cm³/mol. The van der Waals surface area contributed by atoms with Gasteiger partial charge in [0.25, 0.3) is 0 Å². The third-order valence-electron chi connectivity index (χ3n) is 2.84. The zero-order valence-corrected chi connectivity index (χ0v) is 7.13. The van der Waals surface area contributed by atoms with Gasteiger partial charge in [-0.15, -0.1) is 0 Å². The van der Waals surface area contributed by atoms with Gasteiger partial charge in [-0.05, 0) is 6.42 Å². The summed E-state index contributed by atoms with van der Waals surface area (Å²) in [5.41, 5.74) is 0.0487. The molecule has 0 bridgehead atoms. The quantitative estimate of drug-likeness (QED) is 0.542. The first kappa shape index (κ1) is 8.01. The maximum Gasteiger partial charge on any atom is 0.323 e. The minimum Gasteiger partial charge on any atom is -0.468 e. The van der Waals surface area contributed by atoms with E-state index in [0.29, 0.717) is 6.61 Å². The Morgan fingerprint density at radius 1 is 1.75 bits per heavy atom. The Kier molecular flexibility index (Phi) is 1.81. The number of nitrogens with one attached hydrogen (secondary N) is 1. The van der Waals surface area contributed by atoms with Crippen molar-refractivity contribution in [2.45, 2.75) is 12.5 Å². The van der Waals surface area contributed by atoms with Gasteiger partial charge >= 0.3 is 5.97 Å². The Balaban J connectivity index is 2.04. The van der Waals surface area contributed by atoms with Crippen molar-refractivity contribution in [3.8, 4) is 0 Å². The van der Waals surface area contributed by atoms with Crippen molar-refractivity contribution in [2.75, 3.05) is 26.9 Å². The Hall–Kier alpha value is -0.610. The van der Waals surface area contributed by atoms with Gasteiger partial charge in [0.05, 0.1) is 13.7 Å². The zero-order valence-electron chi connectivity index (χ0n) is 7.13. The highest BCUT2D eigenvalue weighted by molar-refractivity contribution is 5.78. The van der Waals surface area contributed by atoms with Crippen LogP contribution in [0.4, 0.5) is 0 Å². The number of esters is 1. The molecule has 1 N–H and O–H groups in total. The molecule has 0 saturated carbocycles. The van der Waals surface area contributed by atoms with Crippen LogP contribution in [0.25, 0.3) is 0 Å². The van der Waals surface area contributed by atoms with E-state index in [1.165, 1.54) is 7.11 Å². The second kappa shape index (κ2) is 2.71. The molecule has 2 saturated heterocycles. The second-order valence-corrected chi connectivity index (χ2v) is 3.50. The molecule has 0 unspecified atom stereocenters. The summed E-state index contributed by atoms with van der Waals surface area (Å²) in [7, 11) is 1.42. The summed E-state index contributed by atoms with van der Waals surface area (Å²) >= 11 is 0. The normalized spacial score (nSPS) is 39.6. The lowest BCUT2D eigenvalue weighted by atomic mass is 9.73. The third kappa shape index (κ3) is 0.949. The number of methoxy groups -OCH3 is 1. The fraction of sp³-hybridized carbons (Fsp3) is 0.875. The number of carbonyl (C=O) groups is 1. The van der Waals surface area contributed by atoms with Crippen molar-refractivity contribution in [1.82, 2.24) is 5.32 Å². The molecule has 4 nitrogen and oxygen atoms in total. The molecule has 2 aliphatic rings. The molecule has 2 rings (SSSR count). The number of rotatable bonds is 1. The molecule has 0 aliphatic carbocycles. The molecule has 2 heterocycles. The average molecular weight is 171 g/mol. The molecule has 0 aromatic rings. The number of ether oxygens (including phenoxy) is 2. The van der Waals surface area contributed by atoms with Crippen LogP contribution in [0.3, 0.4) is 0 Å². The van der Waals surface area contributed by atoms with Crippen LogP contribution in [-0.2, 0) is 14.3 Å². The van der Waals surface area contributed by atoms with Gasteiger partial charge in [-0.1, -0.05) is 0 Å². The maximum absolute atomic E-state index is 11.2. The number of hydrogen-bond acceptors (Lipinski definition) is 4. The van der Waals surface area contributed by atoms with Gasteiger partial charge in [0, 0.05) is 18.6 Å². The fourth-order valence-corrected chi connectivity index (χ4v) is 1.93. The summed E-state index contributed by atoms with van der Waals surface area (Å²) in [6.07, 6.45) is 0.972. The molecular weight excluding hydrogens is 158 g/mol. The van der Waals surface area contributed by atoms with Crippen LogP contribution in [0, 0.1) is 5.41 Å². The van der Waals surface area contributed by atoms with Gasteiger partial charge in [0.15, 0.2) is 0 Å². The Morgan fingerprint density at radius 2 is 2.58 bits per heavy atom. The summed E-state index contributed by atoms with van der Waals surface area (Å²) in [4.78, 5) is 11.2. The Labute approximate surface area is 71.2 Å². The molecule has 0 aromatic heterocycles. The molecule has 68 valence electrons. The van der Waals surface area contributed by atoms with Gasteiger partial charge < -0.3 is 14.8 Å². The van der Waals surface area contributed by atoms with Crippen LogP contribution >= 0.6 is 0 Å². The third-order valence-corrected chi connectivity index (χ3v) is 2.84. The van der Waals surface area contributed by atoms with E-state index >= 15 is 0 Å². The summed E-state index contributed by atoms with van der Waals surface area (Å²) in [6.45, 7) is 2.35. The highest BCUT2D eigenvalue weighted by atomic mass is 16.5. The summed E-state index contributed by atoms with van der Waals surface area (Å²) in [5.74, 6) is -0.160. The van der Waals surface area contributed by atoms with E-state index in [-0.39, 0.29) is 17.4 Å². The second-order valence-electron chi connectivity index (χ2n) is 3.50. The van der Waals surface area contributed by atoms with E-state index in [9.17, 15) is 4.79 Å². The van der Waals surface area contributed by atoms with Crippen LogP contribution in [0.2, 0.25) is 0 Å². The molecule has 12 heavy (non-hydrogen) atoms. The summed E-state index contributed by atoms with van der Waals surface area (Å²) in [6, 6.07) is -0.134. The molecule has 0 amide bonds. The lowest BCUT2D eigenvalue weighted by Crippen LogP contribution is -2.66.